The predicted octanol–water partition coefficient (Wildman–Crippen LogP) is 3.31. The van der Waals surface area contributed by atoms with Gasteiger partial charge in [0.1, 0.15) is 18.2 Å². The summed E-state index contributed by atoms with van der Waals surface area (Å²) >= 11 is 0. The van der Waals surface area contributed by atoms with Crippen LogP contribution in [0.2, 0.25) is 0 Å². The van der Waals surface area contributed by atoms with Crippen LogP contribution in [0.3, 0.4) is 0 Å². The Morgan fingerprint density at radius 2 is 2.00 bits per heavy atom. The van der Waals surface area contributed by atoms with Crippen molar-refractivity contribution in [2.24, 2.45) is 0 Å². The third kappa shape index (κ3) is 3.55. The molecule has 7 heteroatoms. The Labute approximate surface area is 186 Å². The molecule has 0 unspecified atom stereocenters. The second-order valence-electron chi connectivity index (χ2n) is 8.34. The maximum absolute atomic E-state index is 14.6. The van der Waals surface area contributed by atoms with Crippen LogP contribution in [0.15, 0.2) is 23.3 Å². The largest absolute Gasteiger partial charge is 0.380 e. The maximum Gasteiger partial charge on any atom is 0.153 e. The highest BCUT2D eigenvalue weighted by molar-refractivity contribution is 5.92. The highest BCUT2D eigenvalue weighted by atomic mass is 19.1. The van der Waals surface area contributed by atoms with Gasteiger partial charge in [-0.25, -0.2) is 9.37 Å². The molecule has 1 aromatic carbocycles. The summed E-state index contributed by atoms with van der Waals surface area (Å²) in [5.41, 5.74) is 7.03. The maximum atomic E-state index is 14.6. The summed E-state index contributed by atoms with van der Waals surface area (Å²) in [4.78, 5) is 30.3. The summed E-state index contributed by atoms with van der Waals surface area (Å²) in [7, 11) is 4.85. The fraction of sp³-hybridized carbons (Fsp3) is 0.400. The number of fused-ring (bicyclic) bond motifs is 2. The first kappa shape index (κ1) is 22.3. The Kier molecular flexibility index (Phi) is 6.22. The highest BCUT2D eigenvalue weighted by Gasteiger charge is 2.31. The van der Waals surface area contributed by atoms with E-state index in [1.807, 2.05) is 18.9 Å². The Morgan fingerprint density at radius 1 is 1.25 bits per heavy atom. The minimum absolute atomic E-state index is 0.0527. The van der Waals surface area contributed by atoms with E-state index in [2.05, 4.69) is 0 Å². The molecule has 6 nitrogen and oxygen atoms in total. The van der Waals surface area contributed by atoms with Gasteiger partial charge in [0, 0.05) is 50.4 Å². The monoisotopic (exact) mass is 438 g/mol. The lowest BCUT2D eigenvalue weighted by Gasteiger charge is -2.21. The van der Waals surface area contributed by atoms with Gasteiger partial charge in [-0.05, 0) is 54.5 Å². The van der Waals surface area contributed by atoms with Crippen LogP contribution in [0.5, 0.6) is 0 Å². The zero-order valence-corrected chi connectivity index (χ0v) is 18.8. The molecule has 2 aromatic rings. The molecule has 1 aromatic heterocycles. The summed E-state index contributed by atoms with van der Waals surface area (Å²) in [6.07, 6.45) is 4.94. The first-order valence-electron chi connectivity index (χ1n) is 10.7. The molecular weight excluding hydrogens is 411 g/mol. The zero-order valence-electron chi connectivity index (χ0n) is 18.8. The molecule has 0 bridgehead atoms. The van der Waals surface area contributed by atoms with Crippen LogP contribution in [-0.4, -0.2) is 56.4 Å². The number of carbonyl (C=O) groups is 2. The van der Waals surface area contributed by atoms with E-state index in [-0.39, 0.29) is 12.4 Å². The van der Waals surface area contributed by atoms with Crippen molar-refractivity contribution in [3.05, 3.63) is 57.1 Å². The normalized spacial score (nSPS) is 18.0. The molecule has 168 valence electrons. The van der Waals surface area contributed by atoms with Crippen LogP contribution in [0.25, 0.3) is 16.6 Å². The van der Waals surface area contributed by atoms with Gasteiger partial charge < -0.3 is 19.2 Å². The van der Waals surface area contributed by atoms with Crippen molar-refractivity contribution in [2.45, 2.75) is 38.8 Å². The van der Waals surface area contributed by atoms with E-state index >= 15 is 0 Å². The zero-order chi connectivity index (χ0) is 23.0. The van der Waals surface area contributed by atoms with Gasteiger partial charge in [-0.1, -0.05) is 0 Å². The standard InChI is InChI=1S/C25H27FN2O4/c1-14-16-6-5-7-17-19-10-28(2)22(25(19)27-21(24(16)17)9-20(14)26)8-18(23(12-30)32-4)15(11-29)13-31-3/h8-9,11-12,23H,5-7,10,13H2,1-4H3/b18-15-,22-8-/t23-/m1/s1. The summed E-state index contributed by atoms with van der Waals surface area (Å²) < 4.78 is 25.1. The van der Waals surface area contributed by atoms with Crippen LogP contribution in [0.1, 0.15) is 34.4 Å². The van der Waals surface area contributed by atoms with Gasteiger partial charge in [-0.15, -0.1) is 0 Å². The molecule has 0 saturated carbocycles. The second kappa shape index (κ2) is 8.92. The highest BCUT2D eigenvalue weighted by Crippen LogP contribution is 2.41. The van der Waals surface area contributed by atoms with E-state index in [0.29, 0.717) is 41.3 Å². The SMILES string of the molecule is COC/C(C=O)=C(/C=C1/c2nc3cc(F)c(C)c4c3c(c2CN1C)CCC4)[C@@H](C=O)OC. The van der Waals surface area contributed by atoms with Gasteiger partial charge in [0.15, 0.2) is 6.29 Å². The molecule has 0 fully saturated rings. The molecule has 1 aliphatic carbocycles. The number of carbonyl (C=O) groups excluding carboxylic acids is 2. The van der Waals surface area contributed by atoms with Crippen molar-refractivity contribution in [1.29, 1.82) is 0 Å². The van der Waals surface area contributed by atoms with E-state index in [0.717, 1.165) is 47.2 Å². The molecule has 4 rings (SSSR count). The lowest BCUT2D eigenvalue weighted by atomic mass is 9.85. The van der Waals surface area contributed by atoms with Gasteiger partial charge >= 0.3 is 0 Å². The molecular formula is C25H27FN2O4. The van der Waals surface area contributed by atoms with Gasteiger partial charge in [-0.2, -0.15) is 0 Å². The molecule has 1 aliphatic heterocycles. The Balaban J connectivity index is 1.98. The predicted molar refractivity (Wildman–Crippen MR) is 120 cm³/mol. The third-order valence-corrected chi connectivity index (χ3v) is 6.51. The number of aromatic nitrogens is 1. The van der Waals surface area contributed by atoms with Crippen LogP contribution < -0.4 is 0 Å². The number of hydrogen-bond donors (Lipinski definition) is 0. The van der Waals surface area contributed by atoms with E-state index in [4.69, 9.17) is 14.5 Å². The lowest BCUT2D eigenvalue weighted by Crippen LogP contribution is -2.19. The topological polar surface area (TPSA) is 68.7 Å². The number of aryl methyl sites for hydroxylation is 2. The van der Waals surface area contributed by atoms with Crippen molar-refractivity contribution < 1.29 is 23.5 Å². The minimum Gasteiger partial charge on any atom is -0.380 e. The molecule has 0 spiro atoms. The number of benzene rings is 1. The average Bonchev–Trinajstić information content (AvgIpc) is 3.11. The van der Waals surface area contributed by atoms with Gasteiger partial charge in [0.25, 0.3) is 0 Å². The number of rotatable bonds is 7. The minimum atomic E-state index is -0.916. The molecule has 32 heavy (non-hydrogen) atoms. The molecule has 0 N–H and O–H groups in total. The third-order valence-electron chi connectivity index (χ3n) is 6.51. The average molecular weight is 438 g/mol. The van der Waals surface area contributed by atoms with Crippen molar-refractivity contribution >= 4 is 29.2 Å². The molecule has 0 radical (unpaired) electrons. The summed E-state index contributed by atoms with van der Waals surface area (Å²) in [6.45, 7) is 2.54. The molecule has 0 amide bonds. The van der Waals surface area contributed by atoms with Gasteiger partial charge in [0.2, 0.25) is 0 Å². The van der Waals surface area contributed by atoms with E-state index in [1.54, 1.807) is 6.08 Å². The van der Waals surface area contributed by atoms with Crippen LogP contribution in [0.4, 0.5) is 4.39 Å². The van der Waals surface area contributed by atoms with Crippen molar-refractivity contribution in [1.82, 2.24) is 9.88 Å². The van der Waals surface area contributed by atoms with E-state index < -0.39 is 6.10 Å². The van der Waals surface area contributed by atoms with Crippen molar-refractivity contribution in [3.63, 3.8) is 0 Å². The smallest absolute Gasteiger partial charge is 0.153 e. The first-order chi connectivity index (χ1) is 15.4. The molecule has 1 atom stereocenters. The Bertz CT molecular complexity index is 1170. The fourth-order valence-electron chi connectivity index (χ4n) is 4.89. The Hall–Kier alpha value is -2.90. The number of methoxy groups -OCH3 is 2. The Morgan fingerprint density at radius 3 is 2.66 bits per heavy atom. The second-order valence-corrected chi connectivity index (χ2v) is 8.34. The lowest BCUT2D eigenvalue weighted by molar-refractivity contribution is -0.114. The summed E-state index contributed by atoms with van der Waals surface area (Å²) in [5, 5.41) is 1.08. The first-order valence-corrected chi connectivity index (χ1v) is 10.7. The molecule has 2 aliphatic rings. The number of hydrogen-bond acceptors (Lipinski definition) is 6. The van der Waals surface area contributed by atoms with Crippen LogP contribution >= 0.6 is 0 Å². The quantitative estimate of drug-likeness (QED) is 0.488. The summed E-state index contributed by atoms with van der Waals surface area (Å²) in [6, 6.07) is 1.51. The van der Waals surface area contributed by atoms with Gasteiger partial charge in [0.05, 0.1) is 23.5 Å². The van der Waals surface area contributed by atoms with Crippen molar-refractivity contribution in [3.8, 4) is 0 Å². The van der Waals surface area contributed by atoms with Crippen LogP contribution in [0, 0.1) is 12.7 Å². The number of aldehydes is 2. The number of ether oxygens (including phenoxy) is 2. The summed E-state index contributed by atoms with van der Waals surface area (Å²) in [5.74, 6) is -0.242. The fourth-order valence-corrected chi connectivity index (χ4v) is 4.89. The van der Waals surface area contributed by atoms with E-state index in [1.165, 1.54) is 25.8 Å². The number of halogens is 1. The van der Waals surface area contributed by atoms with Crippen LogP contribution in [-0.2, 0) is 38.4 Å². The number of nitrogens with zero attached hydrogens (tertiary/aromatic N) is 2. The molecule has 2 heterocycles. The molecule has 0 saturated heterocycles. The number of pyridine rings is 1. The van der Waals surface area contributed by atoms with Gasteiger partial charge in [-0.3, -0.25) is 4.79 Å². The van der Waals surface area contributed by atoms with E-state index in [9.17, 15) is 14.0 Å². The van der Waals surface area contributed by atoms with Crippen molar-refractivity contribution in [2.75, 3.05) is 27.9 Å².